The second kappa shape index (κ2) is 8.39. The number of hydrogen-bond acceptors (Lipinski definition) is 7. The Balaban J connectivity index is 1.89. The molecule has 0 aromatic carbocycles. The summed E-state index contributed by atoms with van der Waals surface area (Å²) in [7, 11) is 1.53. The maximum absolute atomic E-state index is 12.6. The standard InChI is InChI=1S/C18H16N6O3/c1-26-12-6-13(9-20-8-12)27-14-7-15(17(22-10-14)23-11-19)18(25)24-16-4-2-3-5-21-16/h2-11H,1H3,(H2,19,22,23)(H,21,24,25). The number of nitrogens with one attached hydrogen (secondary N) is 1. The number of ether oxygens (including phenoxy) is 2. The average molecular weight is 364 g/mol. The Morgan fingerprint density at radius 1 is 1.15 bits per heavy atom. The van der Waals surface area contributed by atoms with Crippen molar-refractivity contribution in [1.29, 1.82) is 0 Å². The van der Waals surface area contributed by atoms with Crippen LogP contribution < -0.4 is 20.5 Å². The van der Waals surface area contributed by atoms with E-state index < -0.39 is 5.91 Å². The molecule has 9 heteroatoms. The van der Waals surface area contributed by atoms with Gasteiger partial charge in [-0.05, 0) is 18.2 Å². The van der Waals surface area contributed by atoms with Gasteiger partial charge in [0.2, 0.25) is 0 Å². The van der Waals surface area contributed by atoms with Crippen molar-refractivity contribution in [3.8, 4) is 17.2 Å². The van der Waals surface area contributed by atoms with Crippen LogP contribution >= 0.6 is 0 Å². The fraction of sp³-hybridized carbons (Fsp3) is 0.0556. The molecule has 0 aliphatic heterocycles. The number of aromatic nitrogens is 3. The number of methoxy groups -OCH3 is 1. The molecule has 3 aromatic rings. The van der Waals surface area contributed by atoms with Crippen molar-refractivity contribution in [3.05, 3.63) is 60.7 Å². The lowest BCUT2D eigenvalue weighted by Gasteiger charge is -2.10. The summed E-state index contributed by atoms with van der Waals surface area (Å²) in [6, 6.07) is 8.34. The van der Waals surface area contributed by atoms with Gasteiger partial charge in [-0.3, -0.25) is 9.78 Å². The van der Waals surface area contributed by atoms with Gasteiger partial charge in [-0.2, -0.15) is 0 Å². The lowest BCUT2D eigenvalue weighted by atomic mass is 10.2. The molecule has 136 valence electrons. The van der Waals surface area contributed by atoms with Crippen LogP contribution in [0.5, 0.6) is 17.2 Å². The highest BCUT2D eigenvalue weighted by Gasteiger charge is 2.15. The van der Waals surface area contributed by atoms with Gasteiger partial charge in [0, 0.05) is 12.3 Å². The summed E-state index contributed by atoms with van der Waals surface area (Å²) >= 11 is 0. The summed E-state index contributed by atoms with van der Waals surface area (Å²) < 4.78 is 10.8. The van der Waals surface area contributed by atoms with Gasteiger partial charge in [0.15, 0.2) is 5.82 Å². The number of rotatable bonds is 6. The molecule has 0 aliphatic rings. The summed E-state index contributed by atoms with van der Waals surface area (Å²) in [5, 5.41) is 2.67. The van der Waals surface area contributed by atoms with E-state index in [1.165, 1.54) is 25.6 Å². The van der Waals surface area contributed by atoms with E-state index in [9.17, 15) is 4.79 Å². The first kappa shape index (κ1) is 17.8. The monoisotopic (exact) mass is 364 g/mol. The Hall–Kier alpha value is -4.01. The molecule has 9 nitrogen and oxygen atoms in total. The number of pyridine rings is 3. The molecule has 0 atom stereocenters. The van der Waals surface area contributed by atoms with Crippen molar-refractivity contribution in [2.24, 2.45) is 10.7 Å². The number of carbonyl (C=O) groups is 1. The number of anilines is 1. The first-order valence-corrected chi connectivity index (χ1v) is 7.83. The van der Waals surface area contributed by atoms with Crippen LogP contribution in [0.1, 0.15) is 10.4 Å². The lowest BCUT2D eigenvalue weighted by molar-refractivity contribution is 0.102. The van der Waals surface area contributed by atoms with E-state index in [0.29, 0.717) is 23.1 Å². The first-order valence-electron chi connectivity index (χ1n) is 7.83. The quantitative estimate of drug-likeness (QED) is 0.508. The molecule has 0 saturated heterocycles. The Bertz CT molecular complexity index is 962. The van der Waals surface area contributed by atoms with E-state index in [4.69, 9.17) is 15.2 Å². The van der Waals surface area contributed by atoms with Crippen molar-refractivity contribution < 1.29 is 14.3 Å². The number of hydrogen-bond donors (Lipinski definition) is 2. The van der Waals surface area contributed by atoms with Crippen molar-refractivity contribution in [2.75, 3.05) is 12.4 Å². The van der Waals surface area contributed by atoms with Crippen molar-refractivity contribution in [2.45, 2.75) is 0 Å². The smallest absolute Gasteiger partial charge is 0.260 e. The fourth-order valence-corrected chi connectivity index (χ4v) is 2.16. The molecule has 3 rings (SSSR count). The van der Waals surface area contributed by atoms with Gasteiger partial charge in [-0.25, -0.2) is 15.0 Å². The Labute approximate surface area is 154 Å². The van der Waals surface area contributed by atoms with E-state index >= 15 is 0 Å². The highest BCUT2D eigenvalue weighted by atomic mass is 16.5. The molecule has 0 fully saturated rings. The van der Waals surface area contributed by atoms with Crippen LogP contribution in [0.3, 0.4) is 0 Å². The molecule has 3 heterocycles. The summed E-state index contributed by atoms with van der Waals surface area (Å²) in [5.41, 5.74) is 5.52. The number of nitrogens with zero attached hydrogens (tertiary/aromatic N) is 4. The van der Waals surface area contributed by atoms with Crippen LogP contribution in [0, 0.1) is 0 Å². The molecular formula is C18H16N6O3. The maximum Gasteiger partial charge on any atom is 0.260 e. The molecular weight excluding hydrogens is 348 g/mol. The van der Waals surface area contributed by atoms with Gasteiger partial charge in [0.1, 0.15) is 23.1 Å². The largest absolute Gasteiger partial charge is 0.495 e. The van der Waals surface area contributed by atoms with Crippen LogP contribution in [0.4, 0.5) is 11.6 Å². The molecule has 3 aromatic heterocycles. The molecule has 0 bridgehead atoms. The molecule has 0 spiro atoms. The number of amides is 1. The minimum Gasteiger partial charge on any atom is -0.495 e. The molecule has 0 unspecified atom stereocenters. The van der Waals surface area contributed by atoms with Crippen LogP contribution in [0.25, 0.3) is 0 Å². The summed E-state index contributed by atoms with van der Waals surface area (Å²) in [5.74, 6) is 1.40. The lowest BCUT2D eigenvalue weighted by Crippen LogP contribution is -2.14. The van der Waals surface area contributed by atoms with Crippen molar-refractivity contribution in [3.63, 3.8) is 0 Å². The molecule has 0 aliphatic carbocycles. The van der Waals surface area contributed by atoms with Crippen LogP contribution in [0.15, 0.2) is 60.1 Å². The van der Waals surface area contributed by atoms with Crippen LogP contribution in [0.2, 0.25) is 0 Å². The number of carbonyl (C=O) groups excluding carboxylic acids is 1. The third-order valence-corrected chi connectivity index (χ3v) is 3.35. The SMILES string of the molecule is COc1cncc(Oc2cnc(/N=C\N)c(C(=O)Nc3ccccn3)c2)c1. The van der Waals surface area contributed by atoms with Gasteiger partial charge >= 0.3 is 0 Å². The summed E-state index contributed by atoms with van der Waals surface area (Å²) in [6.07, 6.45) is 7.13. The Morgan fingerprint density at radius 2 is 1.96 bits per heavy atom. The van der Waals surface area contributed by atoms with E-state index in [2.05, 4.69) is 25.3 Å². The zero-order valence-electron chi connectivity index (χ0n) is 14.4. The summed E-state index contributed by atoms with van der Waals surface area (Å²) in [4.78, 5) is 28.7. The molecule has 0 radical (unpaired) electrons. The third-order valence-electron chi connectivity index (χ3n) is 3.35. The fourth-order valence-electron chi connectivity index (χ4n) is 2.16. The molecule has 3 N–H and O–H groups in total. The average Bonchev–Trinajstić information content (AvgIpc) is 2.70. The third kappa shape index (κ3) is 4.54. The van der Waals surface area contributed by atoms with E-state index in [1.807, 2.05) is 0 Å². The van der Waals surface area contributed by atoms with Gasteiger partial charge in [-0.15, -0.1) is 0 Å². The zero-order chi connectivity index (χ0) is 19.1. The number of aliphatic imine (C=N–C) groups is 1. The topological polar surface area (TPSA) is 125 Å². The first-order chi connectivity index (χ1) is 13.2. The van der Waals surface area contributed by atoms with Gasteiger partial charge in [0.25, 0.3) is 5.91 Å². The van der Waals surface area contributed by atoms with Crippen LogP contribution in [-0.4, -0.2) is 34.3 Å². The number of nitrogens with two attached hydrogens (primary N) is 1. The predicted molar refractivity (Wildman–Crippen MR) is 99.6 cm³/mol. The molecule has 27 heavy (non-hydrogen) atoms. The predicted octanol–water partition coefficient (Wildman–Crippen LogP) is 2.54. The van der Waals surface area contributed by atoms with Gasteiger partial charge < -0.3 is 20.5 Å². The van der Waals surface area contributed by atoms with E-state index in [1.54, 1.807) is 36.7 Å². The second-order valence-corrected chi connectivity index (χ2v) is 5.15. The van der Waals surface area contributed by atoms with Gasteiger partial charge in [-0.1, -0.05) is 6.07 Å². The normalized spacial score (nSPS) is 10.6. The Morgan fingerprint density at radius 3 is 2.70 bits per heavy atom. The Kier molecular flexibility index (Phi) is 5.53. The maximum atomic E-state index is 12.6. The van der Waals surface area contributed by atoms with E-state index in [0.717, 1.165) is 6.34 Å². The van der Waals surface area contributed by atoms with Crippen molar-refractivity contribution in [1.82, 2.24) is 15.0 Å². The van der Waals surface area contributed by atoms with E-state index in [-0.39, 0.29) is 11.4 Å². The highest BCUT2D eigenvalue weighted by molar-refractivity contribution is 6.07. The second-order valence-electron chi connectivity index (χ2n) is 5.15. The van der Waals surface area contributed by atoms with Crippen LogP contribution in [-0.2, 0) is 0 Å². The highest BCUT2D eigenvalue weighted by Crippen LogP contribution is 2.27. The van der Waals surface area contributed by atoms with Gasteiger partial charge in [0.05, 0.1) is 37.6 Å². The van der Waals surface area contributed by atoms with Crippen molar-refractivity contribution >= 4 is 23.9 Å². The minimum atomic E-state index is -0.448. The molecule has 1 amide bonds. The molecule has 0 saturated carbocycles. The minimum absolute atomic E-state index is 0.155. The summed E-state index contributed by atoms with van der Waals surface area (Å²) in [6.45, 7) is 0. The zero-order valence-corrected chi connectivity index (χ0v) is 14.4.